The zero-order chi connectivity index (χ0) is 16.6. The minimum Gasteiger partial charge on any atom is -0.480 e. The summed E-state index contributed by atoms with van der Waals surface area (Å²) in [6.45, 7) is 1.40. The molecular weight excluding hydrogens is 296 g/mol. The average molecular weight is 316 g/mol. The summed E-state index contributed by atoms with van der Waals surface area (Å²) in [7, 11) is 0. The van der Waals surface area contributed by atoms with Crippen LogP contribution in [0, 0.1) is 17.8 Å². The van der Waals surface area contributed by atoms with Crippen molar-refractivity contribution in [2.24, 2.45) is 17.8 Å². The second kappa shape index (κ2) is 6.02. The van der Waals surface area contributed by atoms with E-state index in [4.69, 9.17) is 5.11 Å². The fourth-order valence-corrected chi connectivity index (χ4v) is 3.48. The number of benzene rings is 1. The summed E-state index contributed by atoms with van der Waals surface area (Å²) in [5.41, 5.74) is 1.02. The minimum absolute atomic E-state index is 0.0661. The lowest BCUT2D eigenvalue weighted by atomic mass is 10.1. The topological polar surface area (TPSA) is 95.5 Å². The van der Waals surface area contributed by atoms with E-state index in [1.54, 1.807) is 24.3 Å². The third kappa shape index (κ3) is 3.21. The molecule has 122 valence electrons. The Kier molecular flexibility index (Phi) is 4.07. The Balaban J connectivity index is 1.56. The molecular formula is C17H20N2O4. The first-order chi connectivity index (χ1) is 11.0. The number of carboxylic acids is 1. The van der Waals surface area contributed by atoms with Crippen molar-refractivity contribution in [3.63, 3.8) is 0 Å². The van der Waals surface area contributed by atoms with Gasteiger partial charge in [0.25, 0.3) is 5.91 Å². The smallest absolute Gasteiger partial charge is 0.325 e. The Morgan fingerprint density at radius 1 is 1.13 bits per heavy atom. The van der Waals surface area contributed by atoms with E-state index in [0.29, 0.717) is 23.1 Å². The fourth-order valence-electron chi connectivity index (χ4n) is 3.48. The number of carbonyl (C=O) groups is 3. The molecule has 23 heavy (non-hydrogen) atoms. The molecule has 3 atom stereocenters. The number of fused-ring (bicyclic) bond motifs is 1. The van der Waals surface area contributed by atoms with Gasteiger partial charge in [0.2, 0.25) is 5.91 Å². The Hall–Kier alpha value is -2.37. The predicted octanol–water partition coefficient (Wildman–Crippen LogP) is 1.87. The number of rotatable bonds is 5. The van der Waals surface area contributed by atoms with Gasteiger partial charge in [-0.3, -0.25) is 14.4 Å². The molecule has 6 heteroatoms. The monoisotopic (exact) mass is 316 g/mol. The number of aliphatic carboxylic acids is 1. The maximum Gasteiger partial charge on any atom is 0.325 e. The summed E-state index contributed by atoms with van der Waals surface area (Å²) in [4.78, 5) is 34.8. The molecule has 3 rings (SSSR count). The van der Waals surface area contributed by atoms with Crippen molar-refractivity contribution in [1.82, 2.24) is 5.32 Å². The van der Waals surface area contributed by atoms with E-state index in [9.17, 15) is 14.4 Å². The van der Waals surface area contributed by atoms with Crippen molar-refractivity contribution in [3.8, 4) is 0 Å². The van der Waals surface area contributed by atoms with Gasteiger partial charge < -0.3 is 15.7 Å². The van der Waals surface area contributed by atoms with E-state index in [-0.39, 0.29) is 11.8 Å². The standard InChI is InChI=1S/C17H20N2O4/c1-9(17(22)23)18-15(20)10-5-7-11(8-6-10)19-16(21)14-12-3-2-4-13(12)14/h5-9,12-14H,2-4H2,1H3,(H,18,20)(H,19,21)(H,22,23). The zero-order valence-electron chi connectivity index (χ0n) is 12.9. The number of nitrogens with one attached hydrogen (secondary N) is 2. The van der Waals surface area contributed by atoms with Crippen molar-refractivity contribution in [2.75, 3.05) is 5.32 Å². The van der Waals surface area contributed by atoms with Gasteiger partial charge in [0, 0.05) is 17.2 Å². The second-order valence-electron chi connectivity index (χ2n) is 6.38. The van der Waals surface area contributed by atoms with Crippen LogP contribution in [0.1, 0.15) is 36.5 Å². The first kappa shape index (κ1) is 15.5. The molecule has 1 aromatic carbocycles. The first-order valence-electron chi connectivity index (χ1n) is 7.92. The number of hydrogen-bond donors (Lipinski definition) is 3. The van der Waals surface area contributed by atoms with Crippen LogP contribution in [0.5, 0.6) is 0 Å². The molecule has 0 heterocycles. The van der Waals surface area contributed by atoms with Gasteiger partial charge in [-0.1, -0.05) is 6.42 Å². The van der Waals surface area contributed by atoms with E-state index in [1.165, 1.54) is 13.3 Å². The van der Waals surface area contributed by atoms with Gasteiger partial charge in [0.1, 0.15) is 6.04 Å². The summed E-state index contributed by atoms with van der Waals surface area (Å²) < 4.78 is 0. The summed E-state index contributed by atoms with van der Waals surface area (Å²) in [6, 6.07) is 5.53. The lowest BCUT2D eigenvalue weighted by Crippen LogP contribution is -2.38. The van der Waals surface area contributed by atoms with Crippen LogP contribution >= 0.6 is 0 Å². The molecule has 2 amide bonds. The number of amides is 2. The van der Waals surface area contributed by atoms with Crippen LogP contribution in [0.25, 0.3) is 0 Å². The quantitative estimate of drug-likeness (QED) is 0.773. The highest BCUT2D eigenvalue weighted by Gasteiger charge is 2.56. The van der Waals surface area contributed by atoms with Crippen LogP contribution in [0.4, 0.5) is 5.69 Å². The van der Waals surface area contributed by atoms with Crippen LogP contribution in [0.3, 0.4) is 0 Å². The highest BCUT2D eigenvalue weighted by atomic mass is 16.4. The van der Waals surface area contributed by atoms with Crippen LogP contribution in [0.2, 0.25) is 0 Å². The van der Waals surface area contributed by atoms with Crippen LogP contribution in [0.15, 0.2) is 24.3 Å². The zero-order valence-corrected chi connectivity index (χ0v) is 12.9. The molecule has 0 saturated heterocycles. The fraction of sp³-hybridized carbons (Fsp3) is 0.471. The van der Waals surface area contributed by atoms with Gasteiger partial charge in [0.15, 0.2) is 0 Å². The van der Waals surface area contributed by atoms with Crippen molar-refractivity contribution in [3.05, 3.63) is 29.8 Å². The van der Waals surface area contributed by atoms with Gasteiger partial charge in [0.05, 0.1) is 0 Å². The van der Waals surface area contributed by atoms with Crippen molar-refractivity contribution in [2.45, 2.75) is 32.2 Å². The second-order valence-corrected chi connectivity index (χ2v) is 6.38. The van der Waals surface area contributed by atoms with Gasteiger partial charge in [-0.05, 0) is 55.9 Å². The van der Waals surface area contributed by atoms with E-state index in [0.717, 1.165) is 12.8 Å². The number of anilines is 1. The van der Waals surface area contributed by atoms with Crippen LogP contribution in [-0.2, 0) is 9.59 Å². The van der Waals surface area contributed by atoms with E-state index in [1.807, 2.05) is 0 Å². The van der Waals surface area contributed by atoms with Gasteiger partial charge in [-0.2, -0.15) is 0 Å². The number of hydrogen-bond acceptors (Lipinski definition) is 3. The molecule has 6 nitrogen and oxygen atoms in total. The average Bonchev–Trinajstić information content (AvgIpc) is 3.01. The number of carbonyl (C=O) groups excluding carboxylic acids is 2. The molecule has 0 bridgehead atoms. The largest absolute Gasteiger partial charge is 0.480 e. The van der Waals surface area contributed by atoms with Crippen molar-refractivity contribution in [1.29, 1.82) is 0 Å². The summed E-state index contributed by atoms with van der Waals surface area (Å²) in [5, 5.41) is 14.1. The summed E-state index contributed by atoms with van der Waals surface area (Å²) >= 11 is 0. The van der Waals surface area contributed by atoms with Crippen molar-refractivity contribution >= 4 is 23.5 Å². The maximum atomic E-state index is 12.2. The molecule has 2 aliphatic carbocycles. The Labute approximate surface area is 134 Å². The normalized spacial score (nSPS) is 26.0. The number of carboxylic acid groups (broad SMARTS) is 1. The minimum atomic E-state index is -1.09. The Morgan fingerprint density at radius 3 is 2.30 bits per heavy atom. The third-order valence-electron chi connectivity index (χ3n) is 4.84. The molecule has 2 aliphatic rings. The first-order valence-corrected chi connectivity index (χ1v) is 7.92. The molecule has 0 aliphatic heterocycles. The van der Waals surface area contributed by atoms with Crippen molar-refractivity contribution < 1.29 is 19.5 Å². The van der Waals surface area contributed by atoms with Crippen LogP contribution < -0.4 is 10.6 Å². The third-order valence-corrected chi connectivity index (χ3v) is 4.84. The molecule has 2 fully saturated rings. The molecule has 0 spiro atoms. The Morgan fingerprint density at radius 2 is 1.74 bits per heavy atom. The predicted molar refractivity (Wildman–Crippen MR) is 84.0 cm³/mol. The summed E-state index contributed by atoms with van der Waals surface area (Å²) in [6.07, 6.45) is 3.55. The summed E-state index contributed by atoms with van der Waals surface area (Å²) in [5.74, 6) is -0.179. The molecule has 0 radical (unpaired) electrons. The van der Waals surface area contributed by atoms with E-state index >= 15 is 0 Å². The molecule has 0 aromatic heterocycles. The van der Waals surface area contributed by atoms with E-state index in [2.05, 4.69) is 10.6 Å². The highest BCUT2D eigenvalue weighted by molar-refractivity contribution is 5.98. The van der Waals surface area contributed by atoms with E-state index < -0.39 is 17.9 Å². The molecule has 3 unspecified atom stereocenters. The maximum absolute atomic E-state index is 12.2. The molecule has 1 aromatic rings. The van der Waals surface area contributed by atoms with Crippen LogP contribution in [-0.4, -0.2) is 28.9 Å². The Bertz CT molecular complexity index is 630. The SMILES string of the molecule is CC(NC(=O)c1ccc(NC(=O)C2C3CCCC32)cc1)C(=O)O. The highest BCUT2D eigenvalue weighted by Crippen LogP contribution is 2.57. The van der Waals surface area contributed by atoms with Gasteiger partial charge in [-0.15, -0.1) is 0 Å². The lowest BCUT2D eigenvalue weighted by Gasteiger charge is -2.10. The molecule has 2 saturated carbocycles. The lowest BCUT2D eigenvalue weighted by molar-refractivity contribution is -0.138. The van der Waals surface area contributed by atoms with Gasteiger partial charge >= 0.3 is 5.97 Å². The molecule has 3 N–H and O–H groups in total. The van der Waals surface area contributed by atoms with Gasteiger partial charge in [-0.25, -0.2) is 0 Å².